The molecule has 2 heterocycles. The summed E-state index contributed by atoms with van der Waals surface area (Å²) in [7, 11) is -3.82. The van der Waals surface area contributed by atoms with Gasteiger partial charge in [-0.1, -0.05) is 15.9 Å². The van der Waals surface area contributed by atoms with Gasteiger partial charge >= 0.3 is 0 Å². The third-order valence-electron chi connectivity index (χ3n) is 3.51. The van der Waals surface area contributed by atoms with Crippen LogP contribution in [0.5, 0.6) is 0 Å². The van der Waals surface area contributed by atoms with Gasteiger partial charge in [0.1, 0.15) is 11.0 Å². The molecule has 1 aromatic heterocycles. The van der Waals surface area contributed by atoms with E-state index in [-0.39, 0.29) is 22.2 Å². The number of nitrogens with one attached hydrogen (secondary N) is 1. The van der Waals surface area contributed by atoms with E-state index < -0.39 is 10.0 Å². The molecule has 1 unspecified atom stereocenters. The number of sulfonamides is 1. The van der Waals surface area contributed by atoms with Crippen molar-refractivity contribution in [2.75, 3.05) is 17.9 Å². The molecule has 1 saturated heterocycles. The van der Waals surface area contributed by atoms with Crippen molar-refractivity contribution < 1.29 is 13.2 Å². The zero-order valence-corrected chi connectivity index (χ0v) is 14.3. The molecular weight excluding hydrogens is 384 g/mol. The number of anilines is 1. The molecule has 1 atom stereocenters. The van der Waals surface area contributed by atoms with Crippen molar-refractivity contribution >= 4 is 31.6 Å². The van der Waals surface area contributed by atoms with Crippen LogP contribution < -0.4 is 4.72 Å². The second-order valence-electron chi connectivity index (χ2n) is 5.08. The minimum Gasteiger partial charge on any atom is -0.379 e. The average Bonchev–Trinajstić information content (AvgIpc) is 3.18. The maximum Gasteiger partial charge on any atom is 0.265 e. The summed E-state index contributed by atoms with van der Waals surface area (Å²) < 4.78 is 35.0. The zero-order chi connectivity index (χ0) is 16.4. The largest absolute Gasteiger partial charge is 0.379 e. The van der Waals surface area contributed by atoms with Gasteiger partial charge in [0, 0.05) is 17.3 Å². The molecular formula is C14H13BrN4O3S. The van der Waals surface area contributed by atoms with Crippen molar-refractivity contribution in [1.29, 1.82) is 5.26 Å². The number of aromatic nitrogens is 2. The lowest BCUT2D eigenvalue weighted by Gasteiger charge is -2.09. The molecule has 3 rings (SSSR count). The van der Waals surface area contributed by atoms with Crippen LogP contribution in [0.3, 0.4) is 0 Å². The number of rotatable bonds is 4. The fraction of sp³-hybridized carbons (Fsp3) is 0.286. The molecule has 0 aliphatic carbocycles. The van der Waals surface area contributed by atoms with Gasteiger partial charge in [-0.2, -0.15) is 10.4 Å². The van der Waals surface area contributed by atoms with E-state index in [9.17, 15) is 8.42 Å². The first-order valence-electron chi connectivity index (χ1n) is 6.84. The highest BCUT2D eigenvalue weighted by Crippen LogP contribution is 2.25. The predicted octanol–water partition coefficient (Wildman–Crippen LogP) is 2.28. The molecule has 23 heavy (non-hydrogen) atoms. The molecule has 0 bridgehead atoms. The SMILES string of the molecule is N#Cc1ccc(Br)cc1NS(=O)(=O)c1cnn(C2CCOC2)c1. The van der Waals surface area contributed by atoms with Gasteiger partial charge in [-0.15, -0.1) is 0 Å². The van der Waals surface area contributed by atoms with Gasteiger partial charge in [-0.25, -0.2) is 8.42 Å². The number of benzene rings is 1. The Hall–Kier alpha value is -1.89. The molecule has 1 fully saturated rings. The number of nitrogens with zero attached hydrogens (tertiary/aromatic N) is 3. The summed E-state index contributed by atoms with van der Waals surface area (Å²) in [5.74, 6) is 0. The lowest BCUT2D eigenvalue weighted by atomic mass is 10.2. The molecule has 0 spiro atoms. The quantitative estimate of drug-likeness (QED) is 0.854. The van der Waals surface area contributed by atoms with Gasteiger partial charge < -0.3 is 4.74 Å². The molecule has 1 aliphatic rings. The third kappa shape index (κ3) is 3.39. The number of halogens is 1. The van der Waals surface area contributed by atoms with E-state index in [0.717, 1.165) is 6.42 Å². The van der Waals surface area contributed by atoms with Crippen LogP contribution in [0.15, 0.2) is 40.0 Å². The monoisotopic (exact) mass is 396 g/mol. The Bertz CT molecular complexity index is 866. The van der Waals surface area contributed by atoms with E-state index in [0.29, 0.717) is 17.7 Å². The van der Waals surface area contributed by atoms with E-state index in [4.69, 9.17) is 10.00 Å². The maximum absolute atomic E-state index is 12.5. The van der Waals surface area contributed by atoms with E-state index in [1.165, 1.54) is 12.4 Å². The summed E-state index contributed by atoms with van der Waals surface area (Å²) in [5, 5.41) is 13.2. The Morgan fingerprint density at radius 1 is 1.48 bits per heavy atom. The van der Waals surface area contributed by atoms with Crippen LogP contribution in [0, 0.1) is 11.3 Å². The van der Waals surface area contributed by atoms with E-state index in [2.05, 4.69) is 25.8 Å². The van der Waals surface area contributed by atoms with Crippen LogP contribution in [0.2, 0.25) is 0 Å². The molecule has 120 valence electrons. The minimum absolute atomic E-state index is 0.0493. The normalized spacial score (nSPS) is 17.8. The average molecular weight is 397 g/mol. The number of ether oxygens (including phenoxy) is 1. The number of hydrogen-bond donors (Lipinski definition) is 1. The number of nitriles is 1. The Kier molecular flexibility index (Phi) is 4.39. The molecule has 1 N–H and O–H groups in total. The van der Waals surface area contributed by atoms with E-state index >= 15 is 0 Å². The van der Waals surface area contributed by atoms with Gasteiger partial charge in [-0.3, -0.25) is 9.40 Å². The highest BCUT2D eigenvalue weighted by Gasteiger charge is 2.23. The molecule has 7 nitrogen and oxygen atoms in total. The summed E-state index contributed by atoms with van der Waals surface area (Å²) in [4.78, 5) is 0.0493. The Balaban J connectivity index is 1.88. The molecule has 9 heteroatoms. The molecule has 0 saturated carbocycles. The van der Waals surface area contributed by atoms with Gasteiger partial charge in [-0.05, 0) is 24.6 Å². The smallest absolute Gasteiger partial charge is 0.265 e. The van der Waals surface area contributed by atoms with Gasteiger partial charge in [0.25, 0.3) is 10.0 Å². The molecule has 1 aromatic carbocycles. The number of hydrogen-bond acceptors (Lipinski definition) is 5. The van der Waals surface area contributed by atoms with Crippen molar-refractivity contribution in [1.82, 2.24) is 9.78 Å². The van der Waals surface area contributed by atoms with Crippen LogP contribution in [-0.4, -0.2) is 31.4 Å². The molecule has 0 amide bonds. The highest BCUT2D eigenvalue weighted by atomic mass is 79.9. The predicted molar refractivity (Wildman–Crippen MR) is 86.4 cm³/mol. The summed E-state index contributed by atoms with van der Waals surface area (Å²) in [6.07, 6.45) is 3.58. The Morgan fingerprint density at radius 2 is 2.30 bits per heavy atom. The minimum atomic E-state index is -3.82. The van der Waals surface area contributed by atoms with E-state index in [1.807, 2.05) is 6.07 Å². The lowest BCUT2D eigenvalue weighted by molar-refractivity contribution is 0.184. The zero-order valence-electron chi connectivity index (χ0n) is 11.9. The Morgan fingerprint density at radius 3 is 3.00 bits per heavy atom. The first-order chi connectivity index (χ1) is 11.0. The maximum atomic E-state index is 12.5. The van der Waals surface area contributed by atoms with Crippen LogP contribution in [-0.2, 0) is 14.8 Å². The molecule has 1 aliphatic heterocycles. The van der Waals surface area contributed by atoms with Crippen LogP contribution in [0.1, 0.15) is 18.0 Å². The molecule has 0 radical (unpaired) electrons. The summed E-state index contributed by atoms with van der Waals surface area (Å²) >= 11 is 3.26. The third-order valence-corrected chi connectivity index (χ3v) is 5.33. The second-order valence-corrected chi connectivity index (χ2v) is 7.68. The van der Waals surface area contributed by atoms with Crippen molar-refractivity contribution in [3.8, 4) is 6.07 Å². The van der Waals surface area contributed by atoms with Crippen LogP contribution in [0.4, 0.5) is 5.69 Å². The fourth-order valence-electron chi connectivity index (χ4n) is 2.29. The Labute approximate surface area is 142 Å². The van der Waals surface area contributed by atoms with Crippen molar-refractivity contribution in [3.05, 3.63) is 40.6 Å². The molecule has 2 aromatic rings. The second kappa shape index (κ2) is 6.31. The summed E-state index contributed by atoms with van der Waals surface area (Å²) in [6, 6.07) is 6.78. The van der Waals surface area contributed by atoms with Crippen molar-refractivity contribution in [2.45, 2.75) is 17.4 Å². The fourth-order valence-corrected chi connectivity index (χ4v) is 3.66. The van der Waals surface area contributed by atoms with Crippen molar-refractivity contribution in [3.63, 3.8) is 0 Å². The van der Waals surface area contributed by atoms with Crippen molar-refractivity contribution in [2.24, 2.45) is 0 Å². The lowest BCUT2D eigenvalue weighted by Crippen LogP contribution is -2.14. The van der Waals surface area contributed by atoms with Crippen LogP contribution in [0.25, 0.3) is 0 Å². The van der Waals surface area contributed by atoms with Crippen LogP contribution >= 0.6 is 15.9 Å². The van der Waals surface area contributed by atoms with Gasteiger partial charge in [0.05, 0.1) is 30.1 Å². The standard InChI is InChI=1S/C14H13BrN4O3S/c15-11-2-1-10(6-16)14(5-11)18-23(20,21)13-7-17-19(8-13)12-3-4-22-9-12/h1-2,5,7-8,12,18H,3-4,9H2. The summed E-state index contributed by atoms with van der Waals surface area (Å²) in [5.41, 5.74) is 0.465. The van der Waals surface area contributed by atoms with Gasteiger partial charge in [0.2, 0.25) is 0 Å². The topological polar surface area (TPSA) is 97.0 Å². The first kappa shape index (κ1) is 16.0. The summed E-state index contributed by atoms with van der Waals surface area (Å²) in [6.45, 7) is 1.17. The van der Waals surface area contributed by atoms with Gasteiger partial charge in [0.15, 0.2) is 0 Å². The highest BCUT2D eigenvalue weighted by molar-refractivity contribution is 9.10. The van der Waals surface area contributed by atoms with E-state index in [1.54, 1.807) is 22.9 Å². The first-order valence-corrected chi connectivity index (χ1v) is 9.11.